The molecule has 26 heavy (non-hydrogen) atoms. The summed E-state index contributed by atoms with van der Waals surface area (Å²) < 4.78 is 7.08. The Kier molecular flexibility index (Phi) is 5.23. The van der Waals surface area contributed by atoms with Gasteiger partial charge in [-0.2, -0.15) is 0 Å². The number of thioether (sulfide) groups is 1. The highest BCUT2D eigenvalue weighted by molar-refractivity contribution is 9.10. The number of hydrogen-bond acceptors (Lipinski definition) is 6. The van der Waals surface area contributed by atoms with Crippen molar-refractivity contribution in [1.82, 2.24) is 9.97 Å². The van der Waals surface area contributed by atoms with Crippen molar-refractivity contribution in [1.29, 1.82) is 0 Å². The lowest BCUT2D eigenvalue weighted by molar-refractivity contribution is 0.00203. The van der Waals surface area contributed by atoms with E-state index >= 15 is 0 Å². The maximum Gasteiger partial charge on any atom is 0.191 e. The van der Waals surface area contributed by atoms with Gasteiger partial charge in [-0.15, -0.1) is 11.3 Å². The maximum absolute atomic E-state index is 6.33. The van der Waals surface area contributed by atoms with Gasteiger partial charge in [-0.3, -0.25) is 0 Å². The van der Waals surface area contributed by atoms with Crippen LogP contribution in [0, 0.1) is 5.92 Å². The fourth-order valence-corrected chi connectivity index (χ4v) is 5.37. The van der Waals surface area contributed by atoms with Crippen molar-refractivity contribution in [3.63, 3.8) is 0 Å². The first-order valence-electron chi connectivity index (χ1n) is 8.58. The van der Waals surface area contributed by atoms with Crippen molar-refractivity contribution in [2.45, 2.75) is 43.9 Å². The van der Waals surface area contributed by atoms with E-state index in [2.05, 4.69) is 46.9 Å². The van der Waals surface area contributed by atoms with Crippen molar-refractivity contribution in [3.8, 4) is 0 Å². The monoisotopic (exact) mass is 449 g/mol. The number of fused-ring (bicyclic) bond motifs is 3. The molecule has 3 aromatic rings. The third-order valence-corrected chi connectivity index (χ3v) is 7.15. The molecule has 3 heterocycles. The number of thiophene rings is 1. The molecule has 0 amide bonds. The molecule has 1 atom stereocenters. The van der Waals surface area contributed by atoms with Crippen molar-refractivity contribution in [3.05, 3.63) is 44.7 Å². The Balaban J connectivity index is 1.60. The summed E-state index contributed by atoms with van der Waals surface area (Å²) in [5.74, 6) is 1.90. The van der Waals surface area contributed by atoms with E-state index in [9.17, 15) is 0 Å². The fraction of sp³-hybridized carbons (Fsp3) is 0.368. The molecule has 1 aliphatic rings. The van der Waals surface area contributed by atoms with Gasteiger partial charge in [0.1, 0.15) is 10.6 Å². The molecule has 0 fully saturated rings. The topological polar surface area (TPSA) is 61.0 Å². The van der Waals surface area contributed by atoms with Gasteiger partial charge in [0, 0.05) is 21.5 Å². The summed E-state index contributed by atoms with van der Waals surface area (Å²) in [5.41, 5.74) is 8.86. The molecule has 0 spiro atoms. The van der Waals surface area contributed by atoms with Crippen LogP contribution >= 0.6 is 39.0 Å². The molecule has 4 nitrogen and oxygen atoms in total. The van der Waals surface area contributed by atoms with E-state index in [0.29, 0.717) is 18.3 Å². The molecule has 1 aliphatic heterocycles. The standard InChI is InChI=1S/C19H20BrN3OS2/c1-10(2)14-7-13-15(8-24-14)26-18-16(13)17(21)22-19(23-18)25-9-11-3-5-12(20)6-4-11/h3-6,10,14H,7-9H2,1-2H3,(H2,21,22,23)/t14-/m1/s1. The van der Waals surface area contributed by atoms with Gasteiger partial charge < -0.3 is 10.5 Å². The van der Waals surface area contributed by atoms with Gasteiger partial charge in [0.05, 0.1) is 18.1 Å². The zero-order valence-electron chi connectivity index (χ0n) is 14.7. The number of halogens is 1. The molecule has 0 saturated heterocycles. The number of nitrogens with two attached hydrogens (primary N) is 1. The number of hydrogen-bond donors (Lipinski definition) is 1. The number of benzene rings is 1. The van der Waals surface area contributed by atoms with E-state index in [1.807, 2.05) is 12.1 Å². The van der Waals surface area contributed by atoms with E-state index in [-0.39, 0.29) is 6.10 Å². The molecule has 0 radical (unpaired) electrons. The van der Waals surface area contributed by atoms with Crippen molar-refractivity contribution < 1.29 is 4.74 Å². The number of ether oxygens (including phenoxy) is 1. The minimum atomic E-state index is 0.242. The van der Waals surface area contributed by atoms with Crippen LogP contribution in [0.5, 0.6) is 0 Å². The number of nitrogens with zero attached hydrogens (tertiary/aromatic N) is 2. The third kappa shape index (κ3) is 3.63. The van der Waals surface area contributed by atoms with E-state index in [1.165, 1.54) is 16.0 Å². The molecule has 4 rings (SSSR count). The molecule has 136 valence electrons. The number of rotatable bonds is 4. The smallest absolute Gasteiger partial charge is 0.191 e. The molecule has 1 aromatic carbocycles. The molecule has 2 aromatic heterocycles. The lowest BCUT2D eigenvalue weighted by atomic mass is 9.96. The van der Waals surface area contributed by atoms with E-state index in [1.54, 1.807) is 23.1 Å². The second-order valence-corrected chi connectivity index (χ2v) is 9.73. The van der Waals surface area contributed by atoms with Crippen LogP contribution in [0.15, 0.2) is 33.9 Å². The molecular formula is C19H20BrN3OS2. The molecule has 7 heteroatoms. The predicted octanol–water partition coefficient (Wildman–Crippen LogP) is 5.43. The van der Waals surface area contributed by atoms with Gasteiger partial charge in [0.2, 0.25) is 0 Å². The first-order valence-corrected chi connectivity index (χ1v) is 11.2. The fourth-order valence-electron chi connectivity index (χ4n) is 3.11. The Hall–Kier alpha value is -1.15. The van der Waals surface area contributed by atoms with Gasteiger partial charge in [0.15, 0.2) is 5.16 Å². The van der Waals surface area contributed by atoms with Crippen LogP contribution in [0.4, 0.5) is 5.82 Å². The lowest BCUT2D eigenvalue weighted by Gasteiger charge is -2.26. The molecule has 2 N–H and O–H groups in total. The van der Waals surface area contributed by atoms with Gasteiger partial charge in [-0.25, -0.2) is 9.97 Å². The summed E-state index contributed by atoms with van der Waals surface area (Å²) in [7, 11) is 0. The van der Waals surface area contributed by atoms with Crippen molar-refractivity contribution >= 4 is 55.1 Å². The molecule has 0 unspecified atom stereocenters. The number of anilines is 1. The van der Waals surface area contributed by atoms with Crippen molar-refractivity contribution in [2.24, 2.45) is 5.92 Å². The van der Waals surface area contributed by atoms with Gasteiger partial charge in [-0.1, -0.05) is 53.7 Å². The van der Waals surface area contributed by atoms with Crippen LogP contribution in [0.2, 0.25) is 0 Å². The van der Waals surface area contributed by atoms with E-state index < -0.39 is 0 Å². The van der Waals surface area contributed by atoms with E-state index in [0.717, 1.165) is 32.0 Å². The van der Waals surface area contributed by atoms with Crippen LogP contribution in [0.3, 0.4) is 0 Å². The van der Waals surface area contributed by atoms with Crippen LogP contribution in [0.1, 0.15) is 29.9 Å². The Bertz CT molecular complexity index is 940. The molecule has 0 bridgehead atoms. The van der Waals surface area contributed by atoms with Crippen LogP contribution in [-0.2, 0) is 23.5 Å². The lowest BCUT2D eigenvalue weighted by Crippen LogP contribution is -2.26. The summed E-state index contributed by atoms with van der Waals surface area (Å²) >= 11 is 6.77. The minimum absolute atomic E-state index is 0.242. The predicted molar refractivity (Wildman–Crippen MR) is 113 cm³/mol. The summed E-state index contributed by atoms with van der Waals surface area (Å²) in [4.78, 5) is 11.6. The highest BCUT2D eigenvalue weighted by atomic mass is 79.9. The average molecular weight is 450 g/mol. The quantitative estimate of drug-likeness (QED) is 0.425. The Morgan fingerprint density at radius 2 is 2.08 bits per heavy atom. The molecular weight excluding hydrogens is 430 g/mol. The Morgan fingerprint density at radius 3 is 2.81 bits per heavy atom. The molecule has 0 aliphatic carbocycles. The zero-order valence-corrected chi connectivity index (χ0v) is 17.9. The SMILES string of the molecule is CC(C)[C@H]1Cc2c(sc3nc(SCc4ccc(Br)cc4)nc(N)c23)CO1. The third-order valence-electron chi connectivity index (χ3n) is 4.60. The van der Waals surface area contributed by atoms with E-state index in [4.69, 9.17) is 15.5 Å². The Labute approximate surface area is 169 Å². The summed E-state index contributed by atoms with van der Waals surface area (Å²) in [6.07, 6.45) is 1.14. The summed E-state index contributed by atoms with van der Waals surface area (Å²) in [5, 5.41) is 1.77. The normalized spacial score (nSPS) is 17.0. The van der Waals surface area contributed by atoms with Gasteiger partial charge >= 0.3 is 0 Å². The summed E-state index contributed by atoms with van der Waals surface area (Å²) in [6, 6.07) is 8.30. The highest BCUT2D eigenvalue weighted by Gasteiger charge is 2.27. The number of aromatic nitrogens is 2. The van der Waals surface area contributed by atoms with Crippen molar-refractivity contribution in [2.75, 3.05) is 5.73 Å². The van der Waals surface area contributed by atoms with Gasteiger partial charge in [0.25, 0.3) is 0 Å². The Morgan fingerprint density at radius 1 is 1.31 bits per heavy atom. The van der Waals surface area contributed by atoms with Crippen LogP contribution < -0.4 is 5.73 Å². The zero-order chi connectivity index (χ0) is 18.3. The molecule has 0 saturated carbocycles. The number of nitrogen functional groups attached to an aromatic ring is 1. The average Bonchev–Trinajstić information content (AvgIpc) is 2.99. The first kappa shape index (κ1) is 18.2. The van der Waals surface area contributed by atoms with Crippen LogP contribution in [-0.4, -0.2) is 16.1 Å². The second kappa shape index (κ2) is 7.46. The maximum atomic E-state index is 6.33. The minimum Gasteiger partial charge on any atom is -0.383 e. The largest absolute Gasteiger partial charge is 0.383 e. The second-order valence-electron chi connectivity index (χ2n) is 6.79. The first-order chi connectivity index (χ1) is 12.5. The summed E-state index contributed by atoms with van der Waals surface area (Å²) in [6.45, 7) is 5.04. The highest BCUT2D eigenvalue weighted by Crippen LogP contribution is 2.39. The van der Waals surface area contributed by atoms with Gasteiger partial charge in [-0.05, 0) is 29.2 Å². The van der Waals surface area contributed by atoms with Crippen LogP contribution in [0.25, 0.3) is 10.2 Å².